The van der Waals surface area contributed by atoms with Crippen LogP contribution in [0, 0.1) is 0 Å². The van der Waals surface area contributed by atoms with Gasteiger partial charge < -0.3 is 9.84 Å². The molecule has 0 saturated heterocycles. The standard InChI is InChI=1S/C10H10ClNO2S/c11-7-1-2-9-8(5-7)12-10(15-9)6-14-4-3-13/h1-2,5,13H,3-4,6H2. The maximum absolute atomic E-state index is 8.56. The summed E-state index contributed by atoms with van der Waals surface area (Å²) < 4.78 is 6.29. The Balaban J connectivity index is 2.16. The number of halogens is 1. The molecule has 15 heavy (non-hydrogen) atoms. The molecule has 1 aromatic carbocycles. The van der Waals surface area contributed by atoms with E-state index in [9.17, 15) is 0 Å². The smallest absolute Gasteiger partial charge is 0.120 e. The molecule has 3 nitrogen and oxygen atoms in total. The van der Waals surface area contributed by atoms with Crippen molar-refractivity contribution in [3.63, 3.8) is 0 Å². The maximum atomic E-state index is 8.56. The minimum Gasteiger partial charge on any atom is -0.394 e. The number of hydrogen-bond acceptors (Lipinski definition) is 4. The van der Waals surface area contributed by atoms with Crippen LogP contribution < -0.4 is 0 Å². The zero-order valence-electron chi connectivity index (χ0n) is 7.94. The van der Waals surface area contributed by atoms with E-state index in [4.69, 9.17) is 21.4 Å². The Morgan fingerprint density at radius 3 is 3.13 bits per heavy atom. The van der Waals surface area contributed by atoms with Crippen LogP contribution in [0.2, 0.25) is 5.02 Å². The molecule has 0 aliphatic heterocycles. The second-order valence-electron chi connectivity index (χ2n) is 3.00. The first-order chi connectivity index (χ1) is 7.29. The zero-order chi connectivity index (χ0) is 10.7. The molecule has 0 saturated carbocycles. The molecule has 0 spiro atoms. The van der Waals surface area contributed by atoms with Crippen molar-refractivity contribution in [3.05, 3.63) is 28.2 Å². The Labute approximate surface area is 96.3 Å². The van der Waals surface area contributed by atoms with E-state index in [0.29, 0.717) is 18.2 Å². The van der Waals surface area contributed by atoms with Gasteiger partial charge in [0.15, 0.2) is 0 Å². The van der Waals surface area contributed by atoms with E-state index in [2.05, 4.69) is 4.98 Å². The molecule has 0 unspecified atom stereocenters. The first-order valence-electron chi connectivity index (χ1n) is 4.53. The fraction of sp³-hybridized carbons (Fsp3) is 0.300. The monoisotopic (exact) mass is 243 g/mol. The highest BCUT2D eigenvalue weighted by Gasteiger charge is 2.03. The van der Waals surface area contributed by atoms with Gasteiger partial charge in [-0.25, -0.2) is 4.98 Å². The summed E-state index contributed by atoms with van der Waals surface area (Å²) >= 11 is 7.44. The Hall–Kier alpha value is -0.680. The van der Waals surface area contributed by atoms with Crippen LogP contribution in [0.15, 0.2) is 18.2 Å². The number of aliphatic hydroxyl groups is 1. The fourth-order valence-electron chi connectivity index (χ4n) is 1.23. The number of hydrogen-bond donors (Lipinski definition) is 1. The van der Waals surface area contributed by atoms with Crippen molar-refractivity contribution in [3.8, 4) is 0 Å². The summed E-state index contributed by atoms with van der Waals surface area (Å²) in [7, 11) is 0. The van der Waals surface area contributed by atoms with Crippen molar-refractivity contribution in [1.29, 1.82) is 0 Å². The normalized spacial score (nSPS) is 11.1. The molecule has 5 heteroatoms. The predicted molar refractivity (Wildman–Crippen MR) is 61.4 cm³/mol. The van der Waals surface area contributed by atoms with Crippen LogP contribution in [0.5, 0.6) is 0 Å². The first kappa shape index (κ1) is 10.8. The third kappa shape index (κ3) is 2.66. The number of nitrogens with zero attached hydrogens (tertiary/aromatic N) is 1. The number of benzene rings is 1. The Bertz CT molecular complexity index is 458. The summed E-state index contributed by atoms with van der Waals surface area (Å²) in [6.45, 7) is 0.824. The minimum atomic E-state index is 0.0384. The van der Waals surface area contributed by atoms with Crippen molar-refractivity contribution in [2.45, 2.75) is 6.61 Å². The van der Waals surface area contributed by atoms with E-state index in [-0.39, 0.29) is 6.61 Å². The van der Waals surface area contributed by atoms with E-state index in [0.717, 1.165) is 15.2 Å². The van der Waals surface area contributed by atoms with Gasteiger partial charge in [0.05, 0.1) is 30.0 Å². The van der Waals surface area contributed by atoms with Crippen LogP contribution in [0.25, 0.3) is 10.2 Å². The summed E-state index contributed by atoms with van der Waals surface area (Å²) in [4.78, 5) is 4.37. The summed E-state index contributed by atoms with van der Waals surface area (Å²) in [5.41, 5.74) is 0.898. The molecule has 0 amide bonds. The maximum Gasteiger partial charge on any atom is 0.120 e. The lowest BCUT2D eigenvalue weighted by Crippen LogP contribution is -1.98. The lowest BCUT2D eigenvalue weighted by Gasteiger charge is -1.96. The highest BCUT2D eigenvalue weighted by molar-refractivity contribution is 7.18. The summed E-state index contributed by atoms with van der Waals surface area (Å²) in [6.07, 6.45) is 0. The molecule has 0 atom stereocenters. The van der Waals surface area contributed by atoms with Crippen molar-refractivity contribution >= 4 is 33.2 Å². The van der Waals surface area contributed by atoms with Crippen molar-refractivity contribution in [2.24, 2.45) is 0 Å². The number of aliphatic hydroxyl groups excluding tert-OH is 1. The Morgan fingerprint density at radius 2 is 2.33 bits per heavy atom. The lowest BCUT2D eigenvalue weighted by atomic mass is 10.3. The molecule has 0 fully saturated rings. The van der Waals surface area contributed by atoms with Gasteiger partial charge in [-0.2, -0.15) is 0 Å². The molecular formula is C10H10ClNO2S. The third-order valence-corrected chi connectivity index (χ3v) is 3.10. The highest BCUT2D eigenvalue weighted by Crippen LogP contribution is 2.25. The highest BCUT2D eigenvalue weighted by atomic mass is 35.5. The topological polar surface area (TPSA) is 42.4 Å². The van der Waals surface area contributed by atoms with Gasteiger partial charge >= 0.3 is 0 Å². The van der Waals surface area contributed by atoms with Gasteiger partial charge in [0.2, 0.25) is 0 Å². The molecule has 2 aromatic rings. The third-order valence-electron chi connectivity index (χ3n) is 1.86. The van der Waals surface area contributed by atoms with Crippen LogP contribution in [0.3, 0.4) is 0 Å². The summed E-state index contributed by atoms with van der Waals surface area (Å²) in [6, 6.07) is 5.63. The van der Waals surface area contributed by atoms with E-state index >= 15 is 0 Å². The summed E-state index contributed by atoms with van der Waals surface area (Å²) in [5, 5.41) is 10.2. The van der Waals surface area contributed by atoms with Crippen LogP contribution in [0.4, 0.5) is 0 Å². The molecule has 80 valence electrons. The van der Waals surface area contributed by atoms with Crippen molar-refractivity contribution < 1.29 is 9.84 Å². The van der Waals surface area contributed by atoms with Crippen LogP contribution in [0.1, 0.15) is 5.01 Å². The van der Waals surface area contributed by atoms with Crippen LogP contribution >= 0.6 is 22.9 Å². The average molecular weight is 244 g/mol. The molecule has 1 N–H and O–H groups in total. The largest absolute Gasteiger partial charge is 0.394 e. The van der Waals surface area contributed by atoms with Gasteiger partial charge in [-0.3, -0.25) is 0 Å². The van der Waals surface area contributed by atoms with Crippen molar-refractivity contribution in [2.75, 3.05) is 13.2 Å². The number of rotatable bonds is 4. The van der Waals surface area contributed by atoms with Gasteiger partial charge in [0, 0.05) is 5.02 Å². The fourth-order valence-corrected chi connectivity index (χ4v) is 2.29. The average Bonchev–Trinajstić information content (AvgIpc) is 2.60. The van der Waals surface area contributed by atoms with E-state index in [1.54, 1.807) is 11.3 Å². The van der Waals surface area contributed by atoms with E-state index < -0.39 is 0 Å². The van der Waals surface area contributed by atoms with Gasteiger partial charge in [-0.1, -0.05) is 11.6 Å². The lowest BCUT2D eigenvalue weighted by molar-refractivity contribution is 0.0815. The predicted octanol–water partition coefficient (Wildman–Crippen LogP) is 2.46. The van der Waals surface area contributed by atoms with Gasteiger partial charge in [-0.05, 0) is 18.2 Å². The zero-order valence-corrected chi connectivity index (χ0v) is 9.51. The molecule has 0 bridgehead atoms. The molecule has 1 aromatic heterocycles. The first-order valence-corrected chi connectivity index (χ1v) is 5.72. The molecular weight excluding hydrogens is 234 g/mol. The van der Waals surface area contributed by atoms with Gasteiger partial charge in [0.1, 0.15) is 5.01 Å². The molecule has 0 aliphatic rings. The number of thiazole rings is 1. The molecule has 2 rings (SSSR count). The van der Waals surface area contributed by atoms with E-state index in [1.165, 1.54) is 0 Å². The van der Waals surface area contributed by atoms with Gasteiger partial charge in [0.25, 0.3) is 0 Å². The van der Waals surface area contributed by atoms with Gasteiger partial charge in [-0.15, -0.1) is 11.3 Å². The molecule has 0 radical (unpaired) electrons. The van der Waals surface area contributed by atoms with E-state index in [1.807, 2.05) is 18.2 Å². The SMILES string of the molecule is OCCOCc1nc2cc(Cl)ccc2s1. The Kier molecular flexibility index (Phi) is 3.53. The minimum absolute atomic E-state index is 0.0384. The molecule has 1 heterocycles. The number of fused-ring (bicyclic) bond motifs is 1. The molecule has 0 aliphatic carbocycles. The van der Waals surface area contributed by atoms with Crippen molar-refractivity contribution in [1.82, 2.24) is 4.98 Å². The van der Waals surface area contributed by atoms with Crippen LogP contribution in [-0.2, 0) is 11.3 Å². The quantitative estimate of drug-likeness (QED) is 0.839. The Morgan fingerprint density at radius 1 is 1.47 bits per heavy atom. The van der Waals surface area contributed by atoms with Crippen LogP contribution in [-0.4, -0.2) is 23.3 Å². The number of aromatic nitrogens is 1. The second-order valence-corrected chi connectivity index (χ2v) is 4.55. The number of ether oxygens (including phenoxy) is 1. The second kappa shape index (κ2) is 4.90. The summed E-state index contributed by atoms with van der Waals surface area (Å²) in [5.74, 6) is 0.